The van der Waals surface area contributed by atoms with E-state index in [2.05, 4.69) is 84.9 Å². The smallest absolute Gasteiger partial charge is 0.122 e. The molecule has 0 heterocycles. The summed E-state index contributed by atoms with van der Waals surface area (Å²) < 4.78 is 30.1. The highest BCUT2D eigenvalue weighted by Crippen LogP contribution is 2.25. The molecule has 0 fully saturated rings. The summed E-state index contributed by atoms with van der Waals surface area (Å²) in [7, 11) is 1.70. The van der Waals surface area contributed by atoms with E-state index in [4.69, 9.17) is 23.7 Å². The molecule has 2 aromatic carbocycles. The van der Waals surface area contributed by atoms with E-state index in [-0.39, 0.29) is 12.0 Å². The van der Waals surface area contributed by atoms with Crippen molar-refractivity contribution < 1.29 is 28.5 Å². The summed E-state index contributed by atoms with van der Waals surface area (Å²) >= 11 is 0. The first kappa shape index (κ1) is 57.9. The Kier molecular flexibility index (Phi) is 34.2. The molecule has 9 atom stereocenters. The highest BCUT2D eigenvalue weighted by Gasteiger charge is 2.15. The Bertz CT molecular complexity index is 1330. The minimum atomic E-state index is -0.0370. The summed E-state index contributed by atoms with van der Waals surface area (Å²) in [5, 5.41) is 0. The van der Waals surface area contributed by atoms with Crippen LogP contribution in [0.3, 0.4) is 0 Å². The van der Waals surface area contributed by atoms with Crippen LogP contribution in [0.1, 0.15) is 195 Å². The average Bonchev–Trinajstić information content (AvgIpc) is 3.28. The fourth-order valence-corrected chi connectivity index (χ4v) is 8.94. The van der Waals surface area contributed by atoms with Crippen LogP contribution >= 0.6 is 0 Å². The van der Waals surface area contributed by atoms with Gasteiger partial charge in [0.2, 0.25) is 0 Å². The van der Waals surface area contributed by atoms with Crippen LogP contribution in [0, 0.1) is 47.3 Å². The molecule has 0 aliphatic rings. The Labute approximate surface area is 395 Å². The van der Waals surface area contributed by atoms with E-state index in [0.29, 0.717) is 44.2 Å². The third-order valence-corrected chi connectivity index (χ3v) is 13.8. The van der Waals surface area contributed by atoms with Gasteiger partial charge in [0.15, 0.2) is 0 Å². The predicted octanol–water partition coefficient (Wildman–Crippen LogP) is 15.9. The maximum Gasteiger partial charge on any atom is 0.122 e. The minimum Gasteiger partial charge on any atom is -0.497 e. The molecule has 64 heavy (non-hydrogen) atoms. The zero-order chi connectivity index (χ0) is 46.6. The van der Waals surface area contributed by atoms with Crippen molar-refractivity contribution in [2.24, 2.45) is 47.3 Å². The van der Waals surface area contributed by atoms with Crippen molar-refractivity contribution in [3.63, 3.8) is 0 Å². The fraction of sp³-hybridized carbons (Fsp3) is 0.776. The highest BCUT2D eigenvalue weighted by atomic mass is 16.6. The second kappa shape index (κ2) is 37.8. The molecule has 0 unspecified atom stereocenters. The Morgan fingerprint density at radius 1 is 0.422 bits per heavy atom. The van der Waals surface area contributed by atoms with Crippen LogP contribution in [0.5, 0.6) is 5.75 Å². The first-order chi connectivity index (χ1) is 31.0. The Morgan fingerprint density at radius 2 is 0.812 bits per heavy atom. The lowest BCUT2D eigenvalue weighted by molar-refractivity contribution is -0.110. The number of benzene rings is 2. The molecular formula is C58H100O6. The van der Waals surface area contributed by atoms with E-state index in [1.165, 1.54) is 120 Å². The highest BCUT2D eigenvalue weighted by molar-refractivity contribution is 5.52. The van der Waals surface area contributed by atoms with Crippen LogP contribution in [0.15, 0.2) is 54.6 Å². The van der Waals surface area contributed by atoms with Crippen LogP contribution in [-0.2, 0) is 37.0 Å². The molecule has 0 spiro atoms. The summed E-state index contributed by atoms with van der Waals surface area (Å²) in [5.41, 5.74) is 2.39. The molecule has 0 radical (unpaired) electrons. The maximum absolute atomic E-state index is 10.9. The third kappa shape index (κ3) is 31.6. The van der Waals surface area contributed by atoms with Gasteiger partial charge in [0.1, 0.15) is 18.1 Å². The number of aldehydes is 1. The molecule has 0 aromatic heterocycles. The molecule has 0 N–H and O–H groups in total. The first-order valence-corrected chi connectivity index (χ1v) is 26.4. The van der Waals surface area contributed by atoms with Gasteiger partial charge in [-0.3, -0.25) is 0 Å². The van der Waals surface area contributed by atoms with Crippen molar-refractivity contribution in [1.29, 1.82) is 0 Å². The minimum absolute atomic E-state index is 0.0370. The van der Waals surface area contributed by atoms with Gasteiger partial charge in [0, 0.05) is 25.7 Å². The van der Waals surface area contributed by atoms with Crippen molar-refractivity contribution in [3.05, 3.63) is 65.7 Å². The van der Waals surface area contributed by atoms with E-state index in [0.717, 1.165) is 74.8 Å². The standard InChI is InChI=1S/C58H100O6/c1-47(20-14-22-50(4)26-18-30-54(8)42-62-44-56-33-35-57(60-9)36-34-56)23-15-27-51(5)37-39-61-45-58(46-63-43-55-31-11-10-12-32-55)64-40-38-52(6)28-16-24-48(2)19-13-21-49(3)25-17-29-53(7)41-59/h10-12,31-36,41,47-54,58H,13-30,37-40,42-46H2,1-9H3/t47-,48-,49+,50+,51-,52-,53+,54+,58+/m1/s1. The molecule has 6 nitrogen and oxygen atoms in total. The predicted molar refractivity (Wildman–Crippen MR) is 271 cm³/mol. The van der Waals surface area contributed by atoms with Crippen molar-refractivity contribution in [2.75, 3.05) is 40.1 Å². The Morgan fingerprint density at radius 3 is 1.28 bits per heavy atom. The maximum atomic E-state index is 10.9. The van der Waals surface area contributed by atoms with Gasteiger partial charge in [-0.05, 0) is 90.4 Å². The molecule has 368 valence electrons. The largest absolute Gasteiger partial charge is 0.497 e. The van der Waals surface area contributed by atoms with E-state index in [9.17, 15) is 4.79 Å². The average molecular weight is 893 g/mol. The van der Waals surface area contributed by atoms with Gasteiger partial charge in [0.05, 0.1) is 33.5 Å². The van der Waals surface area contributed by atoms with Crippen molar-refractivity contribution in [3.8, 4) is 5.75 Å². The molecule has 2 aromatic rings. The first-order valence-electron chi connectivity index (χ1n) is 26.4. The molecule has 0 bridgehead atoms. The zero-order valence-electron chi connectivity index (χ0n) is 43.0. The normalized spacial score (nSPS) is 16.1. The number of rotatable bonds is 43. The van der Waals surface area contributed by atoms with E-state index >= 15 is 0 Å². The number of hydrogen-bond donors (Lipinski definition) is 0. The molecule has 0 aliphatic carbocycles. The van der Waals surface area contributed by atoms with Gasteiger partial charge < -0.3 is 28.5 Å². The van der Waals surface area contributed by atoms with Gasteiger partial charge in [-0.2, -0.15) is 0 Å². The second-order valence-corrected chi connectivity index (χ2v) is 20.9. The summed E-state index contributed by atoms with van der Waals surface area (Å²) in [6.07, 6.45) is 26.5. The lowest BCUT2D eigenvalue weighted by atomic mass is 9.91. The molecule has 0 aliphatic heterocycles. The molecule has 0 saturated carbocycles. The SMILES string of the molecule is COc1ccc(COC[C@@H](C)CCC[C@@H](C)CCC[C@@H](C)CCC[C@@H](C)CCOC[C@@H](COCc2ccccc2)OCC[C@H](C)CCC[C@H](C)CCC[C@H](C)CCC[C@H](C)C=O)cc1. The van der Waals surface area contributed by atoms with E-state index < -0.39 is 0 Å². The lowest BCUT2D eigenvalue weighted by Gasteiger charge is -2.21. The second-order valence-electron chi connectivity index (χ2n) is 20.9. The quantitative estimate of drug-likeness (QED) is 0.0488. The van der Waals surface area contributed by atoms with Crippen molar-refractivity contribution in [1.82, 2.24) is 0 Å². The summed E-state index contributed by atoms with van der Waals surface area (Å²) in [5.74, 6) is 6.23. The van der Waals surface area contributed by atoms with Crippen LogP contribution in [0.25, 0.3) is 0 Å². The summed E-state index contributed by atoms with van der Waals surface area (Å²) in [4.78, 5) is 10.9. The van der Waals surface area contributed by atoms with Gasteiger partial charge >= 0.3 is 0 Å². The monoisotopic (exact) mass is 893 g/mol. The number of ether oxygens (including phenoxy) is 5. The van der Waals surface area contributed by atoms with E-state index in [1.54, 1.807) is 7.11 Å². The third-order valence-electron chi connectivity index (χ3n) is 13.8. The number of carbonyl (C=O) groups excluding carboxylic acids is 1. The van der Waals surface area contributed by atoms with Crippen molar-refractivity contribution in [2.45, 2.75) is 203 Å². The topological polar surface area (TPSA) is 63.2 Å². The summed E-state index contributed by atoms with van der Waals surface area (Å²) in [6, 6.07) is 18.6. The number of methoxy groups -OCH3 is 1. The summed E-state index contributed by atoms with van der Waals surface area (Å²) in [6.45, 7) is 23.7. The van der Waals surface area contributed by atoms with Crippen LogP contribution in [-0.4, -0.2) is 52.5 Å². The van der Waals surface area contributed by atoms with Crippen LogP contribution < -0.4 is 4.74 Å². The van der Waals surface area contributed by atoms with E-state index in [1.807, 2.05) is 25.1 Å². The number of carbonyl (C=O) groups is 1. The fourth-order valence-electron chi connectivity index (χ4n) is 8.94. The molecule has 0 amide bonds. The van der Waals surface area contributed by atoms with Gasteiger partial charge in [0.25, 0.3) is 0 Å². The molecular weight excluding hydrogens is 793 g/mol. The Balaban J connectivity index is 1.54. The van der Waals surface area contributed by atoms with Gasteiger partial charge in [-0.25, -0.2) is 0 Å². The van der Waals surface area contributed by atoms with Crippen LogP contribution in [0.2, 0.25) is 0 Å². The Hall–Kier alpha value is -2.25. The molecule has 2 rings (SSSR count). The molecule has 6 heteroatoms. The molecule has 0 saturated heterocycles. The lowest BCUT2D eigenvalue weighted by Crippen LogP contribution is -2.27. The van der Waals surface area contributed by atoms with Crippen LogP contribution in [0.4, 0.5) is 0 Å². The van der Waals surface area contributed by atoms with Gasteiger partial charge in [-0.15, -0.1) is 0 Å². The van der Waals surface area contributed by atoms with Gasteiger partial charge in [-0.1, -0.05) is 201 Å². The van der Waals surface area contributed by atoms with Crippen molar-refractivity contribution >= 4 is 6.29 Å². The number of hydrogen-bond acceptors (Lipinski definition) is 6. The zero-order valence-corrected chi connectivity index (χ0v) is 43.0.